The Kier molecular flexibility index (Phi) is 4.64. The summed E-state index contributed by atoms with van der Waals surface area (Å²) in [4.78, 5) is 0. The molecule has 2 aromatic carbocycles. The fourth-order valence-electron chi connectivity index (χ4n) is 2.11. The van der Waals surface area contributed by atoms with Crippen molar-refractivity contribution < 1.29 is 9.47 Å². The van der Waals surface area contributed by atoms with E-state index in [2.05, 4.69) is 18.3 Å². The number of hydrogen-bond acceptors (Lipinski definition) is 3. The van der Waals surface area contributed by atoms with Crippen LogP contribution in [0.5, 0.6) is 17.2 Å². The first-order valence-corrected chi connectivity index (χ1v) is 6.70. The van der Waals surface area contributed by atoms with E-state index in [0.29, 0.717) is 0 Å². The number of ether oxygens (including phenoxy) is 2. The molecule has 0 heterocycles. The van der Waals surface area contributed by atoms with Crippen LogP contribution in [0.25, 0.3) is 0 Å². The standard InChI is InChI=1S/C17H21NO2/c1-12-5-8-16(17(9-12)19-4)20-15-7-6-14(11-18-3)13(2)10-15/h5-10,18H,11H2,1-4H3. The predicted octanol–water partition coefficient (Wildman–Crippen LogP) is 3.82. The van der Waals surface area contributed by atoms with Gasteiger partial charge in [0.25, 0.3) is 0 Å². The van der Waals surface area contributed by atoms with E-state index in [9.17, 15) is 0 Å². The quantitative estimate of drug-likeness (QED) is 0.896. The summed E-state index contributed by atoms with van der Waals surface area (Å²) < 4.78 is 11.3. The van der Waals surface area contributed by atoms with Crippen LogP contribution in [0.4, 0.5) is 0 Å². The summed E-state index contributed by atoms with van der Waals surface area (Å²) in [5.74, 6) is 2.31. The van der Waals surface area contributed by atoms with E-state index in [1.807, 2.05) is 44.3 Å². The SMILES string of the molecule is CNCc1ccc(Oc2ccc(C)cc2OC)cc1C. The zero-order chi connectivity index (χ0) is 14.5. The lowest BCUT2D eigenvalue weighted by Gasteiger charge is -2.13. The molecule has 1 N–H and O–H groups in total. The van der Waals surface area contributed by atoms with Gasteiger partial charge in [0.05, 0.1) is 7.11 Å². The number of methoxy groups -OCH3 is 1. The Balaban J connectivity index is 2.24. The van der Waals surface area contributed by atoms with Crippen LogP contribution in [-0.2, 0) is 6.54 Å². The summed E-state index contributed by atoms with van der Waals surface area (Å²) in [6.07, 6.45) is 0. The maximum atomic E-state index is 5.92. The normalized spacial score (nSPS) is 10.4. The highest BCUT2D eigenvalue weighted by Gasteiger charge is 2.07. The zero-order valence-electron chi connectivity index (χ0n) is 12.5. The van der Waals surface area contributed by atoms with Crippen molar-refractivity contribution in [2.75, 3.05) is 14.2 Å². The fourth-order valence-corrected chi connectivity index (χ4v) is 2.11. The van der Waals surface area contributed by atoms with E-state index >= 15 is 0 Å². The molecule has 0 aliphatic rings. The summed E-state index contributed by atoms with van der Waals surface area (Å²) in [6, 6.07) is 12.0. The molecule has 2 aromatic rings. The van der Waals surface area contributed by atoms with Crippen molar-refractivity contribution in [1.29, 1.82) is 0 Å². The van der Waals surface area contributed by atoms with E-state index in [1.54, 1.807) is 7.11 Å². The van der Waals surface area contributed by atoms with Crippen molar-refractivity contribution in [3.8, 4) is 17.2 Å². The maximum Gasteiger partial charge on any atom is 0.169 e. The lowest BCUT2D eigenvalue weighted by atomic mass is 10.1. The van der Waals surface area contributed by atoms with Gasteiger partial charge in [-0.3, -0.25) is 0 Å². The second kappa shape index (κ2) is 6.44. The van der Waals surface area contributed by atoms with Gasteiger partial charge in [0.15, 0.2) is 11.5 Å². The Bertz CT molecular complexity index is 594. The number of rotatable bonds is 5. The Labute approximate surface area is 120 Å². The molecule has 0 unspecified atom stereocenters. The topological polar surface area (TPSA) is 30.5 Å². The Hall–Kier alpha value is -2.00. The molecular weight excluding hydrogens is 250 g/mol. The highest BCUT2D eigenvalue weighted by Crippen LogP contribution is 2.32. The van der Waals surface area contributed by atoms with Gasteiger partial charge in [-0.25, -0.2) is 0 Å². The average molecular weight is 271 g/mol. The lowest BCUT2D eigenvalue weighted by molar-refractivity contribution is 0.378. The average Bonchev–Trinajstić information content (AvgIpc) is 2.44. The summed E-state index contributed by atoms with van der Waals surface area (Å²) in [5.41, 5.74) is 3.63. The smallest absolute Gasteiger partial charge is 0.169 e. The molecule has 0 aliphatic carbocycles. The summed E-state index contributed by atoms with van der Waals surface area (Å²) in [7, 11) is 3.60. The molecule has 2 rings (SSSR count). The van der Waals surface area contributed by atoms with Crippen molar-refractivity contribution in [2.45, 2.75) is 20.4 Å². The first kappa shape index (κ1) is 14.4. The molecule has 0 spiro atoms. The van der Waals surface area contributed by atoms with Gasteiger partial charge in [0, 0.05) is 6.54 Å². The zero-order valence-corrected chi connectivity index (χ0v) is 12.5. The van der Waals surface area contributed by atoms with Crippen LogP contribution in [0.1, 0.15) is 16.7 Å². The number of hydrogen-bond donors (Lipinski definition) is 1. The minimum absolute atomic E-state index is 0.735. The van der Waals surface area contributed by atoms with Gasteiger partial charge in [0.2, 0.25) is 0 Å². The molecule has 0 bridgehead atoms. The number of nitrogens with one attached hydrogen (secondary N) is 1. The van der Waals surface area contributed by atoms with Crippen LogP contribution >= 0.6 is 0 Å². The fraction of sp³-hybridized carbons (Fsp3) is 0.294. The van der Waals surface area contributed by atoms with Crippen molar-refractivity contribution in [2.24, 2.45) is 0 Å². The summed E-state index contributed by atoms with van der Waals surface area (Å²) >= 11 is 0. The van der Waals surface area contributed by atoms with Crippen molar-refractivity contribution in [3.05, 3.63) is 53.1 Å². The van der Waals surface area contributed by atoms with Gasteiger partial charge in [-0.05, 0) is 61.9 Å². The highest BCUT2D eigenvalue weighted by atomic mass is 16.5. The Morgan fingerprint density at radius 1 is 1.00 bits per heavy atom. The summed E-state index contributed by atoms with van der Waals surface area (Å²) in [6.45, 7) is 4.98. The first-order chi connectivity index (χ1) is 9.63. The third-order valence-corrected chi connectivity index (χ3v) is 3.23. The van der Waals surface area contributed by atoms with Crippen molar-refractivity contribution in [3.63, 3.8) is 0 Å². The van der Waals surface area contributed by atoms with Gasteiger partial charge in [-0.2, -0.15) is 0 Å². The third kappa shape index (κ3) is 3.31. The molecule has 0 aliphatic heterocycles. The van der Waals surface area contributed by atoms with Gasteiger partial charge in [0.1, 0.15) is 5.75 Å². The molecule has 0 radical (unpaired) electrons. The molecular formula is C17H21NO2. The lowest BCUT2D eigenvalue weighted by Crippen LogP contribution is -2.06. The van der Waals surface area contributed by atoms with Crippen LogP contribution in [-0.4, -0.2) is 14.2 Å². The molecule has 106 valence electrons. The van der Waals surface area contributed by atoms with Crippen LogP contribution < -0.4 is 14.8 Å². The van der Waals surface area contributed by atoms with Crippen molar-refractivity contribution >= 4 is 0 Å². The summed E-state index contributed by atoms with van der Waals surface area (Å²) in [5, 5.41) is 3.16. The second-order valence-corrected chi connectivity index (χ2v) is 4.87. The number of aryl methyl sites for hydroxylation is 2. The minimum Gasteiger partial charge on any atom is -0.493 e. The number of benzene rings is 2. The molecule has 0 atom stereocenters. The molecule has 0 amide bonds. The molecule has 0 aromatic heterocycles. The Morgan fingerprint density at radius 3 is 2.45 bits per heavy atom. The van der Waals surface area contributed by atoms with Crippen LogP contribution in [0, 0.1) is 13.8 Å². The van der Waals surface area contributed by atoms with E-state index in [4.69, 9.17) is 9.47 Å². The van der Waals surface area contributed by atoms with Crippen LogP contribution in [0.15, 0.2) is 36.4 Å². The predicted molar refractivity (Wildman–Crippen MR) is 81.7 cm³/mol. The molecule has 3 heteroatoms. The first-order valence-electron chi connectivity index (χ1n) is 6.70. The van der Waals surface area contributed by atoms with Crippen LogP contribution in [0.2, 0.25) is 0 Å². The molecule has 0 saturated carbocycles. The molecule has 0 fully saturated rings. The Morgan fingerprint density at radius 2 is 1.80 bits per heavy atom. The van der Waals surface area contributed by atoms with E-state index in [0.717, 1.165) is 29.4 Å². The molecule has 20 heavy (non-hydrogen) atoms. The van der Waals surface area contributed by atoms with E-state index in [-0.39, 0.29) is 0 Å². The highest BCUT2D eigenvalue weighted by molar-refractivity contribution is 5.46. The molecule has 0 saturated heterocycles. The van der Waals surface area contributed by atoms with E-state index in [1.165, 1.54) is 11.1 Å². The minimum atomic E-state index is 0.735. The van der Waals surface area contributed by atoms with Gasteiger partial charge in [-0.1, -0.05) is 12.1 Å². The van der Waals surface area contributed by atoms with Gasteiger partial charge < -0.3 is 14.8 Å². The third-order valence-electron chi connectivity index (χ3n) is 3.23. The van der Waals surface area contributed by atoms with Crippen molar-refractivity contribution in [1.82, 2.24) is 5.32 Å². The largest absolute Gasteiger partial charge is 0.493 e. The second-order valence-electron chi connectivity index (χ2n) is 4.87. The van der Waals surface area contributed by atoms with Crippen LogP contribution in [0.3, 0.4) is 0 Å². The van der Waals surface area contributed by atoms with E-state index < -0.39 is 0 Å². The maximum absolute atomic E-state index is 5.92. The molecule has 3 nitrogen and oxygen atoms in total. The van der Waals surface area contributed by atoms with Gasteiger partial charge in [-0.15, -0.1) is 0 Å². The monoisotopic (exact) mass is 271 g/mol. The van der Waals surface area contributed by atoms with Gasteiger partial charge >= 0.3 is 0 Å².